The lowest BCUT2D eigenvalue weighted by atomic mass is 10.0. The first-order valence-electron chi connectivity index (χ1n) is 9.19. The number of hydrogen-bond donors (Lipinski definition) is 2. The molecule has 1 amide bonds. The number of amides is 1. The van der Waals surface area contributed by atoms with E-state index in [0.29, 0.717) is 12.8 Å². The van der Waals surface area contributed by atoms with Gasteiger partial charge in [0.2, 0.25) is 5.91 Å². The summed E-state index contributed by atoms with van der Waals surface area (Å²) >= 11 is 0. The number of unbranched alkanes of at least 4 members (excludes halogenated alkanes) is 1. The SMILES string of the molecule is COc1ccc(CCCCC(=O)N[C@H](CO)Cc2cccc(C)c2)cc1. The minimum atomic E-state index is -0.231. The molecule has 0 spiro atoms. The molecule has 4 nitrogen and oxygen atoms in total. The third-order valence-corrected chi connectivity index (χ3v) is 4.43. The van der Waals surface area contributed by atoms with E-state index >= 15 is 0 Å². The van der Waals surface area contributed by atoms with Gasteiger partial charge in [-0.05, 0) is 55.9 Å². The van der Waals surface area contributed by atoms with Gasteiger partial charge >= 0.3 is 0 Å². The average molecular weight is 355 g/mol. The Morgan fingerprint density at radius 1 is 1.12 bits per heavy atom. The van der Waals surface area contributed by atoms with Crippen LogP contribution in [-0.4, -0.2) is 30.8 Å². The van der Waals surface area contributed by atoms with Crippen LogP contribution in [0.5, 0.6) is 5.75 Å². The first-order chi connectivity index (χ1) is 12.6. The second-order valence-electron chi connectivity index (χ2n) is 6.70. The van der Waals surface area contributed by atoms with Gasteiger partial charge in [0.1, 0.15) is 5.75 Å². The van der Waals surface area contributed by atoms with Gasteiger partial charge in [0.25, 0.3) is 0 Å². The number of benzene rings is 2. The van der Waals surface area contributed by atoms with Gasteiger partial charge in [-0.2, -0.15) is 0 Å². The smallest absolute Gasteiger partial charge is 0.220 e. The van der Waals surface area contributed by atoms with Crippen molar-refractivity contribution >= 4 is 5.91 Å². The summed E-state index contributed by atoms with van der Waals surface area (Å²) in [5, 5.41) is 12.5. The number of ether oxygens (including phenoxy) is 1. The Balaban J connectivity index is 1.69. The molecule has 0 saturated carbocycles. The summed E-state index contributed by atoms with van der Waals surface area (Å²) in [6, 6.07) is 16.0. The van der Waals surface area contributed by atoms with Crippen LogP contribution in [0.1, 0.15) is 36.0 Å². The van der Waals surface area contributed by atoms with Crippen LogP contribution < -0.4 is 10.1 Å². The lowest BCUT2D eigenvalue weighted by Gasteiger charge is -2.16. The number of aryl methyl sites for hydroxylation is 2. The third kappa shape index (κ3) is 6.89. The van der Waals surface area contributed by atoms with Crippen LogP contribution in [0.2, 0.25) is 0 Å². The molecule has 0 heterocycles. The number of aliphatic hydroxyl groups excluding tert-OH is 1. The molecule has 2 aromatic rings. The van der Waals surface area contributed by atoms with Crippen LogP contribution in [-0.2, 0) is 17.6 Å². The summed E-state index contributed by atoms with van der Waals surface area (Å²) in [4.78, 5) is 12.1. The fourth-order valence-electron chi connectivity index (χ4n) is 2.99. The number of carbonyl (C=O) groups is 1. The number of aliphatic hydroxyl groups is 1. The fraction of sp³-hybridized carbons (Fsp3) is 0.409. The molecule has 26 heavy (non-hydrogen) atoms. The summed E-state index contributed by atoms with van der Waals surface area (Å²) in [5.74, 6) is 0.864. The minimum absolute atomic E-state index is 0.00596. The lowest BCUT2D eigenvalue weighted by molar-refractivity contribution is -0.122. The molecular formula is C22H29NO3. The van der Waals surface area contributed by atoms with Crippen LogP contribution in [0, 0.1) is 6.92 Å². The number of rotatable bonds is 10. The minimum Gasteiger partial charge on any atom is -0.497 e. The Morgan fingerprint density at radius 2 is 1.88 bits per heavy atom. The van der Waals surface area contributed by atoms with E-state index in [1.54, 1.807) is 7.11 Å². The summed E-state index contributed by atoms with van der Waals surface area (Å²) in [6.07, 6.45) is 3.88. The first-order valence-corrected chi connectivity index (χ1v) is 9.19. The van der Waals surface area contributed by atoms with E-state index in [-0.39, 0.29) is 18.6 Å². The molecule has 0 fully saturated rings. The van der Waals surface area contributed by atoms with Crippen LogP contribution in [0.15, 0.2) is 48.5 Å². The Kier molecular flexibility index (Phi) is 8.16. The van der Waals surface area contributed by atoms with Crippen molar-refractivity contribution in [3.8, 4) is 5.75 Å². The number of carbonyl (C=O) groups excluding carboxylic acids is 1. The molecule has 2 aromatic carbocycles. The molecule has 0 bridgehead atoms. The largest absolute Gasteiger partial charge is 0.497 e. The number of hydrogen-bond acceptors (Lipinski definition) is 3. The topological polar surface area (TPSA) is 58.6 Å². The molecule has 2 N–H and O–H groups in total. The van der Waals surface area contributed by atoms with Gasteiger partial charge in [0, 0.05) is 6.42 Å². The Bertz CT molecular complexity index is 682. The molecule has 0 aliphatic carbocycles. The van der Waals surface area contributed by atoms with Gasteiger partial charge in [-0.25, -0.2) is 0 Å². The molecule has 4 heteroatoms. The zero-order valence-electron chi connectivity index (χ0n) is 15.7. The monoisotopic (exact) mass is 355 g/mol. The highest BCUT2D eigenvalue weighted by Crippen LogP contribution is 2.13. The van der Waals surface area contributed by atoms with E-state index < -0.39 is 0 Å². The standard InChI is InChI=1S/C22H29NO3/c1-17-6-5-8-19(14-17)15-20(16-24)23-22(25)9-4-3-7-18-10-12-21(26-2)13-11-18/h5-6,8,10-14,20,24H,3-4,7,9,15-16H2,1-2H3,(H,23,25)/t20-/m0/s1. The second-order valence-corrected chi connectivity index (χ2v) is 6.70. The third-order valence-electron chi connectivity index (χ3n) is 4.43. The second kappa shape index (κ2) is 10.6. The first kappa shape index (κ1) is 20.0. The van der Waals surface area contributed by atoms with Gasteiger partial charge in [0.05, 0.1) is 19.8 Å². The molecule has 140 valence electrons. The van der Waals surface area contributed by atoms with Gasteiger partial charge in [-0.3, -0.25) is 4.79 Å². The predicted octanol–water partition coefficient (Wildman–Crippen LogP) is 3.44. The molecule has 1 atom stereocenters. The van der Waals surface area contributed by atoms with E-state index in [2.05, 4.69) is 23.5 Å². The molecule has 0 aliphatic heterocycles. The molecule has 0 saturated heterocycles. The van der Waals surface area contributed by atoms with Crippen molar-refractivity contribution in [1.29, 1.82) is 0 Å². The summed E-state index contributed by atoms with van der Waals surface area (Å²) in [7, 11) is 1.66. The summed E-state index contributed by atoms with van der Waals surface area (Å²) in [5.41, 5.74) is 3.56. The quantitative estimate of drug-likeness (QED) is 0.642. The molecule has 0 unspecified atom stereocenters. The highest BCUT2D eigenvalue weighted by Gasteiger charge is 2.12. The highest BCUT2D eigenvalue weighted by molar-refractivity contribution is 5.76. The predicted molar refractivity (Wildman–Crippen MR) is 104 cm³/mol. The Morgan fingerprint density at radius 3 is 2.54 bits per heavy atom. The van der Waals surface area contributed by atoms with E-state index in [1.807, 2.05) is 37.3 Å². The van der Waals surface area contributed by atoms with Crippen molar-refractivity contribution < 1.29 is 14.6 Å². The lowest BCUT2D eigenvalue weighted by Crippen LogP contribution is -2.39. The maximum Gasteiger partial charge on any atom is 0.220 e. The van der Waals surface area contributed by atoms with Crippen LogP contribution >= 0.6 is 0 Å². The maximum absolute atomic E-state index is 12.1. The zero-order valence-corrected chi connectivity index (χ0v) is 15.7. The number of methoxy groups -OCH3 is 1. The maximum atomic E-state index is 12.1. The molecule has 2 rings (SSSR count). The molecule has 0 radical (unpaired) electrons. The highest BCUT2D eigenvalue weighted by atomic mass is 16.5. The van der Waals surface area contributed by atoms with Crippen molar-refractivity contribution in [2.24, 2.45) is 0 Å². The fourth-order valence-corrected chi connectivity index (χ4v) is 2.99. The van der Waals surface area contributed by atoms with Gasteiger partial charge in [-0.1, -0.05) is 42.0 Å². The van der Waals surface area contributed by atoms with Crippen molar-refractivity contribution in [1.82, 2.24) is 5.32 Å². The summed E-state index contributed by atoms with van der Waals surface area (Å²) < 4.78 is 5.15. The van der Waals surface area contributed by atoms with Crippen molar-refractivity contribution in [3.63, 3.8) is 0 Å². The van der Waals surface area contributed by atoms with Gasteiger partial charge in [0.15, 0.2) is 0 Å². The van der Waals surface area contributed by atoms with E-state index in [0.717, 1.165) is 30.6 Å². The number of nitrogens with one attached hydrogen (secondary N) is 1. The average Bonchev–Trinajstić information content (AvgIpc) is 2.65. The van der Waals surface area contributed by atoms with Crippen LogP contribution in [0.4, 0.5) is 0 Å². The van der Waals surface area contributed by atoms with Gasteiger partial charge in [-0.15, -0.1) is 0 Å². The Hall–Kier alpha value is -2.33. The molecule has 0 aliphatic rings. The van der Waals surface area contributed by atoms with E-state index in [1.165, 1.54) is 11.1 Å². The normalized spacial score (nSPS) is 11.8. The van der Waals surface area contributed by atoms with Crippen LogP contribution in [0.25, 0.3) is 0 Å². The van der Waals surface area contributed by atoms with E-state index in [4.69, 9.17) is 4.74 Å². The van der Waals surface area contributed by atoms with Crippen molar-refractivity contribution in [3.05, 3.63) is 65.2 Å². The molecule has 0 aromatic heterocycles. The van der Waals surface area contributed by atoms with Gasteiger partial charge < -0.3 is 15.2 Å². The van der Waals surface area contributed by atoms with Crippen molar-refractivity contribution in [2.45, 2.75) is 45.1 Å². The summed E-state index contributed by atoms with van der Waals surface area (Å²) in [6.45, 7) is 1.99. The zero-order chi connectivity index (χ0) is 18.8. The Labute approximate surface area is 156 Å². The van der Waals surface area contributed by atoms with Crippen LogP contribution in [0.3, 0.4) is 0 Å². The molecular weight excluding hydrogens is 326 g/mol. The van der Waals surface area contributed by atoms with Crippen molar-refractivity contribution in [2.75, 3.05) is 13.7 Å². The van der Waals surface area contributed by atoms with E-state index in [9.17, 15) is 9.90 Å².